The van der Waals surface area contributed by atoms with E-state index in [4.69, 9.17) is 21.6 Å². The molecular formula is C24H28ClN7. The number of anilines is 1. The molecule has 0 saturated heterocycles. The predicted molar refractivity (Wildman–Crippen MR) is 128 cm³/mol. The number of aromatic amines is 1. The Labute approximate surface area is 192 Å². The van der Waals surface area contributed by atoms with E-state index in [1.807, 2.05) is 6.20 Å². The lowest BCUT2D eigenvalue weighted by Gasteiger charge is -2.42. The van der Waals surface area contributed by atoms with E-state index in [-0.39, 0.29) is 0 Å². The molecule has 32 heavy (non-hydrogen) atoms. The van der Waals surface area contributed by atoms with Crippen LogP contribution in [-0.4, -0.2) is 35.5 Å². The molecular weight excluding hydrogens is 422 g/mol. The summed E-state index contributed by atoms with van der Waals surface area (Å²) in [6, 6.07) is 2.63. The molecule has 3 saturated carbocycles. The number of nitrogens with one attached hydrogen (secondary N) is 2. The number of rotatable bonds is 5. The number of H-pyrrole nitrogens is 1. The van der Waals surface area contributed by atoms with E-state index in [2.05, 4.69) is 50.9 Å². The molecule has 8 heteroatoms. The first-order valence-corrected chi connectivity index (χ1v) is 12.1. The fraction of sp³-hybridized carbons (Fsp3) is 0.500. The third kappa shape index (κ3) is 3.43. The molecule has 2 N–H and O–H groups in total. The smallest absolute Gasteiger partial charge is 0.167 e. The number of aromatic nitrogens is 6. The molecule has 0 spiro atoms. The molecule has 0 aliphatic heterocycles. The summed E-state index contributed by atoms with van der Waals surface area (Å²) in [5, 5.41) is 5.29. The highest BCUT2D eigenvalue weighted by molar-refractivity contribution is 6.29. The highest BCUT2D eigenvalue weighted by atomic mass is 35.5. The second-order valence-corrected chi connectivity index (χ2v) is 10.2. The van der Waals surface area contributed by atoms with Crippen LogP contribution in [0.25, 0.3) is 33.6 Å². The minimum Gasteiger partial charge on any atom is -0.366 e. The van der Waals surface area contributed by atoms with Gasteiger partial charge in [-0.15, -0.1) is 0 Å². The van der Waals surface area contributed by atoms with Gasteiger partial charge >= 0.3 is 0 Å². The van der Waals surface area contributed by atoms with Gasteiger partial charge in [0.1, 0.15) is 22.1 Å². The molecule has 2 bridgehead atoms. The first-order chi connectivity index (χ1) is 15.5. The highest BCUT2D eigenvalue weighted by Crippen LogP contribution is 2.43. The van der Waals surface area contributed by atoms with Gasteiger partial charge in [-0.05, 0) is 43.1 Å². The van der Waals surface area contributed by atoms with Crippen LogP contribution in [-0.2, 0) is 6.54 Å². The zero-order valence-electron chi connectivity index (χ0n) is 18.5. The van der Waals surface area contributed by atoms with Crippen LogP contribution in [0.1, 0.15) is 46.0 Å². The lowest BCUT2D eigenvalue weighted by molar-refractivity contribution is 0.157. The minimum atomic E-state index is 0.360. The Morgan fingerprint density at radius 3 is 2.78 bits per heavy atom. The Morgan fingerprint density at radius 1 is 1.19 bits per heavy atom. The molecule has 0 radical (unpaired) electrons. The van der Waals surface area contributed by atoms with Gasteiger partial charge < -0.3 is 14.9 Å². The summed E-state index contributed by atoms with van der Waals surface area (Å²) < 4.78 is 2.23. The van der Waals surface area contributed by atoms with Gasteiger partial charge in [-0.2, -0.15) is 0 Å². The Kier molecular flexibility index (Phi) is 4.82. The minimum absolute atomic E-state index is 0.360. The van der Waals surface area contributed by atoms with Gasteiger partial charge in [-0.25, -0.2) is 19.9 Å². The molecule has 4 aromatic rings. The molecule has 3 aliphatic carbocycles. The van der Waals surface area contributed by atoms with Crippen LogP contribution in [0.15, 0.2) is 24.7 Å². The Morgan fingerprint density at radius 2 is 2.03 bits per heavy atom. The number of nitrogens with zero attached hydrogens (tertiary/aromatic N) is 5. The topological polar surface area (TPSA) is 84.3 Å². The van der Waals surface area contributed by atoms with Gasteiger partial charge in [-0.1, -0.05) is 38.3 Å². The van der Waals surface area contributed by atoms with Crippen molar-refractivity contribution in [2.75, 3.05) is 5.32 Å². The summed E-state index contributed by atoms with van der Waals surface area (Å²) >= 11 is 6.15. The quantitative estimate of drug-likeness (QED) is 0.410. The summed E-state index contributed by atoms with van der Waals surface area (Å²) in [4.78, 5) is 22.0. The Hall–Kier alpha value is -2.67. The van der Waals surface area contributed by atoms with E-state index in [1.165, 1.54) is 32.1 Å². The third-order valence-electron chi connectivity index (χ3n) is 7.14. The molecule has 7 nitrogen and oxygen atoms in total. The summed E-state index contributed by atoms with van der Waals surface area (Å²) in [5.41, 5.74) is 3.16. The molecule has 4 heterocycles. The number of hydrogen-bond donors (Lipinski definition) is 2. The van der Waals surface area contributed by atoms with E-state index in [9.17, 15) is 0 Å². The lowest BCUT2D eigenvalue weighted by Crippen LogP contribution is -2.40. The number of fused-ring (bicyclic) bond motifs is 5. The third-order valence-corrected chi connectivity index (χ3v) is 7.32. The first-order valence-electron chi connectivity index (χ1n) is 11.7. The van der Waals surface area contributed by atoms with Gasteiger partial charge in [0.15, 0.2) is 11.5 Å². The lowest BCUT2D eigenvalue weighted by atomic mass is 9.68. The van der Waals surface area contributed by atoms with E-state index in [0.717, 1.165) is 40.8 Å². The highest BCUT2D eigenvalue weighted by Gasteiger charge is 2.36. The summed E-state index contributed by atoms with van der Waals surface area (Å²) in [5.74, 6) is 3.68. The normalized spacial score (nSPS) is 22.9. The van der Waals surface area contributed by atoms with E-state index in [0.29, 0.717) is 34.1 Å². The van der Waals surface area contributed by atoms with Crippen molar-refractivity contribution in [2.45, 2.75) is 58.5 Å². The van der Waals surface area contributed by atoms with Gasteiger partial charge in [0.05, 0.1) is 17.1 Å². The maximum atomic E-state index is 6.15. The Balaban J connectivity index is 1.48. The van der Waals surface area contributed by atoms with Gasteiger partial charge in [0.2, 0.25) is 0 Å². The van der Waals surface area contributed by atoms with E-state index >= 15 is 0 Å². The van der Waals surface area contributed by atoms with Crippen LogP contribution in [0.4, 0.5) is 5.82 Å². The van der Waals surface area contributed by atoms with Gasteiger partial charge in [0, 0.05) is 25.0 Å². The SMILES string of the molecule is CC(C)Cn1ccc2c(N[C@@H]3CC4CCC3CC4)nc(-c3c[nH]c4ncc(Cl)nc34)nc21. The van der Waals surface area contributed by atoms with Crippen LogP contribution in [0.2, 0.25) is 5.15 Å². The van der Waals surface area contributed by atoms with Crippen molar-refractivity contribution in [3.8, 4) is 11.4 Å². The monoisotopic (exact) mass is 449 g/mol. The van der Waals surface area contributed by atoms with Crippen molar-refractivity contribution in [1.29, 1.82) is 0 Å². The molecule has 7 rings (SSSR count). The van der Waals surface area contributed by atoms with Crippen LogP contribution in [0, 0.1) is 17.8 Å². The molecule has 4 aromatic heterocycles. The standard InChI is InChI=1S/C24H28ClN7/c1-13(2)12-32-8-7-16-21(28-18-9-14-3-5-15(18)6-4-14)30-22(31-24(16)32)17-10-26-23-20(17)29-19(25)11-27-23/h7-8,10-11,13-15,18H,3-6,9,12H2,1-2H3,(H,26,27)(H,28,30,31)/t14?,15?,18-/m1/s1. The zero-order valence-corrected chi connectivity index (χ0v) is 19.2. The number of halogens is 1. The summed E-state index contributed by atoms with van der Waals surface area (Å²) in [6.07, 6.45) is 12.2. The van der Waals surface area contributed by atoms with Crippen molar-refractivity contribution in [3.63, 3.8) is 0 Å². The van der Waals surface area contributed by atoms with Crippen LogP contribution >= 0.6 is 11.6 Å². The molecule has 3 fully saturated rings. The zero-order chi connectivity index (χ0) is 21.8. The van der Waals surface area contributed by atoms with Crippen molar-refractivity contribution in [1.82, 2.24) is 29.5 Å². The second kappa shape index (κ2) is 7.73. The van der Waals surface area contributed by atoms with Gasteiger partial charge in [-0.3, -0.25) is 0 Å². The van der Waals surface area contributed by atoms with Crippen LogP contribution in [0.3, 0.4) is 0 Å². The average molecular weight is 450 g/mol. The fourth-order valence-electron chi connectivity index (χ4n) is 5.61. The molecule has 0 amide bonds. The molecule has 1 atom stereocenters. The maximum absolute atomic E-state index is 6.15. The van der Waals surface area contributed by atoms with E-state index in [1.54, 1.807) is 6.20 Å². The predicted octanol–water partition coefficient (Wildman–Crippen LogP) is 5.67. The average Bonchev–Trinajstić information content (AvgIpc) is 3.38. The van der Waals surface area contributed by atoms with Crippen molar-refractivity contribution in [2.24, 2.45) is 17.8 Å². The molecule has 0 aromatic carbocycles. The summed E-state index contributed by atoms with van der Waals surface area (Å²) in [6.45, 7) is 5.36. The summed E-state index contributed by atoms with van der Waals surface area (Å²) in [7, 11) is 0. The van der Waals surface area contributed by atoms with Crippen LogP contribution < -0.4 is 5.32 Å². The first kappa shape index (κ1) is 20.0. The molecule has 0 unspecified atom stereocenters. The second-order valence-electron chi connectivity index (χ2n) is 9.85. The van der Waals surface area contributed by atoms with Crippen molar-refractivity contribution < 1.29 is 0 Å². The maximum Gasteiger partial charge on any atom is 0.167 e. The number of hydrogen-bond acceptors (Lipinski definition) is 5. The van der Waals surface area contributed by atoms with Gasteiger partial charge in [0.25, 0.3) is 0 Å². The molecule has 3 aliphatic rings. The van der Waals surface area contributed by atoms with Crippen molar-refractivity contribution >= 4 is 39.6 Å². The Bertz CT molecular complexity index is 1280. The fourth-order valence-corrected chi connectivity index (χ4v) is 5.74. The largest absolute Gasteiger partial charge is 0.366 e. The van der Waals surface area contributed by atoms with Crippen molar-refractivity contribution in [3.05, 3.63) is 29.8 Å². The van der Waals surface area contributed by atoms with Crippen LogP contribution in [0.5, 0.6) is 0 Å². The van der Waals surface area contributed by atoms with E-state index < -0.39 is 0 Å². The molecule has 166 valence electrons.